The molecule has 3 nitrogen and oxygen atoms in total. The van der Waals surface area contributed by atoms with Crippen LogP contribution in [0.4, 0.5) is 5.82 Å². The lowest BCUT2D eigenvalue weighted by Crippen LogP contribution is -2.19. The van der Waals surface area contributed by atoms with E-state index in [1.165, 1.54) is 0 Å². The highest BCUT2D eigenvalue weighted by atomic mass is 35.5. The van der Waals surface area contributed by atoms with Crippen molar-refractivity contribution in [2.45, 2.75) is 19.3 Å². The molecule has 0 atom stereocenters. The molecular weight excluding hydrogens is 212 g/mol. The summed E-state index contributed by atoms with van der Waals surface area (Å²) in [4.78, 5) is 6.29. The SMILES string of the molecule is CN(CCCCCO)c1cccc(Cl)n1. The number of hydrogen-bond donors (Lipinski definition) is 1. The largest absolute Gasteiger partial charge is 0.396 e. The number of aromatic nitrogens is 1. The number of rotatable bonds is 6. The number of anilines is 1. The second-order valence-corrected chi connectivity index (χ2v) is 3.91. The summed E-state index contributed by atoms with van der Waals surface area (Å²) in [7, 11) is 2.00. The maximum atomic E-state index is 8.64. The third-order valence-corrected chi connectivity index (χ3v) is 2.45. The number of halogens is 1. The maximum Gasteiger partial charge on any atom is 0.131 e. The third-order valence-electron chi connectivity index (χ3n) is 2.24. The van der Waals surface area contributed by atoms with Gasteiger partial charge in [0.1, 0.15) is 11.0 Å². The Balaban J connectivity index is 2.36. The van der Waals surface area contributed by atoms with E-state index in [1.807, 2.05) is 19.2 Å². The lowest BCUT2D eigenvalue weighted by Gasteiger charge is -2.17. The number of pyridine rings is 1. The first kappa shape index (κ1) is 12.3. The summed E-state index contributed by atoms with van der Waals surface area (Å²) >= 11 is 5.80. The van der Waals surface area contributed by atoms with E-state index in [0.29, 0.717) is 5.15 Å². The van der Waals surface area contributed by atoms with E-state index in [0.717, 1.165) is 31.6 Å². The van der Waals surface area contributed by atoms with Gasteiger partial charge in [0.15, 0.2) is 0 Å². The van der Waals surface area contributed by atoms with E-state index in [4.69, 9.17) is 16.7 Å². The van der Waals surface area contributed by atoms with Crippen molar-refractivity contribution in [1.82, 2.24) is 4.98 Å². The zero-order valence-electron chi connectivity index (χ0n) is 8.99. The summed E-state index contributed by atoms with van der Waals surface area (Å²) in [6.07, 6.45) is 2.98. The van der Waals surface area contributed by atoms with Crippen molar-refractivity contribution in [3.8, 4) is 0 Å². The number of aliphatic hydroxyl groups is 1. The van der Waals surface area contributed by atoms with Gasteiger partial charge in [-0.05, 0) is 31.4 Å². The number of nitrogens with zero attached hydrogens (tertiary/aromatic N) is 2. The van der Waals surface area contributed by atoms with Crippen LogP contribution >= 0.6 is 11.6 Å². The third kappa shape index (κ3) is 4.49. The van der Waals surface area contributed by atoms with Crippen LogP contribution in [0.5, 0.6) is 0 Å². The minimum Gasteiger partial charge on any atom is -0.396 e. The Hall–Kier alpha value is -0.800. The predicted octanol–water partition coefficient (Wildman–Crippen LogP) is 2.33. The number of hydrogen-bond acceptors (Lipinski definition) is 3. The topological polar surface area (TPSA) is 36.4 Å². The van der Waals surface area contributed by atoms with Crippen molar-refractivity contribution in [3.63, 3.8) is 0 Å². The summed E-state index contributed by atoms with van der Waals surface area (Å²) in [6.45, 7) is 1.21. The molecule has 0 spiro atoms. The van der Waals surface area contributed by atoms with Gasteiger partial charge in [-0.15, -0.1) is 0 Å². The minimum absolute atomic E-state index is 0.277. The van der Waals surface area contributed by atoms with Gasteiger partial charge in [-0.1, -0.05) is 17.7 Å². The van der Waals surface area contributed by atoms with Crippen LogP contribution in [0, 0.1) is 0 Å². The summed E-state index contributed by atoms with van der Waals surface area (Å²) in [5, 5.41) is 9.16. The molecule has 0 unspecified atom stereocenters. The number of aliphatic hydroxyl groups excluding tert-OH is 1. The maximum absolute atomic E-state index is 8.64. The van der Waals surface area contributed by atoms with E-state index in [9.17, 15) is 0 Å². The molecule has 0 aliphatic rings. The lowest BCUT2D eigenvalue weighted by molar-refractivity contribution is 0.283. The van der Waals surface area contributed by atoms with E-state index < -0.39 is 0 Å². The van der Waals surface area contributed by atoms with Crippen molar-refractivity contribution < 1.29 is 5.11 Å². The molecule has 0 aliphatic carbocycles. The molecule has 1 heterocycles. The van der Waals surface area contributed by atoms with Crippen LogP contribution in [0.2, 0.25) is 5.15 Å². The first-order chi connectivity index (χ1) is 7.24. The van der Waals surface area contributed by atoms with Gasteiger partial charge in [-0.3, -0.25) is 0 Å². The van der Waals surface area contributed by atoms with Gasteiger partial charge in [-0.25, -0.2) is 4.98 Å². The van der Waals surface area contributed by atoms with Crippen LogP contribution in [0.1, 0.15) is 19.3 Å². The Labute approximate surface area is 95.7 Å². The molecule has 84 valence electrons. The molecule has 0 fully saturated rings. The fraction of sp³-hybridized carbons (Fsp3) is 0.545. The van der Waals surface area contributed by atoms with E-state index in [2.05, 4.69) is 9.88 Å². The molecule has 1 aromatic rings. The summed E-state index contributed by atoms with van der Waals surface area (Å²) in [6, 6.07) is 5.61. The van der Waals surface area contributed by atoms with E-state index in [-0.39, 0.29) is 6.61 Å². The molecule has 0 saturated carbocycles. The minimum atomic E-state index is 0.277. The van der Waals surface area contributed by atoms with Crippen LogP contribution in [0.25, 0.3) is 0 Å². The molecule has 0 aromatic carbocycles. The second kappa shape index (κ2) is 6.64. The van der Waals surface area contributed by atoms with Crippen LogP contribution < -0.4 is 4.90 Å². The van der Waals surface area contributed by atoms with Crippen molar-refractivity contribution in [1.29, 1.82) is 0 Å². The first-order valence-corrected chi connectivity index (χ1v) is 5.56. The van der Waals surface area contributed by atoms with Crippen molar-refractivity contribution in [3.05, 3.63) is 23.4 Å². The van der Waals surface area contributed by atoms with E-state index in [1.54, 1.807) is 6.07 Å². The first-order valence-electron chi connectivity index (χ1n) is 5.18. The Morgan fingerprint density at radius 2 is 2.13 bits per heavy atom. The molecule has 0 bridgehead atoms. The van der Waals surface area contributed by atoms with Crippen LogP contribution in [0.15, 0.2) is 18.2 Å². The molecule has 1 N–H and O–H groups in total. The predicted molar refractivity (Wildman–Crippen MR) is 63.5 cm³/mol. The Kier molecular flexibility index (Phi) is 5.43. The highest BCUT2D eigenvalue weighted by Crippen LogP contribution is 2.13. The van der Waals surface area contributed by atoms with Gasteiger partial charge in [0.05, 0.1) is 0 Å². The molecule has 1 rings (SSSR count). The monoisotopic (exact) mass is 228 g/mol. The van der Waals surface area contributed by atoms with Crippen molar-refractivity contribution in [2.75, 3.05) is 25.1 Å². The number of unbranched alkanes of at least 4 members (excludes halogenated alkanes) is 2. The molecular formula is C11H17ClN2O. The van der Waals surface area contributed by atoms with Gasteiger partial charge >= 0.3 is 0 Å². The molecule has 0 aliphatic heterocycles. The Bertz CT molecular complexity index is 294. The van der Waals surface area contributed by atoms with Crippen molar-refractivity contribution >= 4 is 17.4 Å². The summed E-state index contributed by atoms with van der Waals surface area (Å²) in [5.41, 5.74) is 0. The fourth-order valence-corrected chi connectivity index (χ4v) is 1.52. The normalized spacial score (nSPS) is 10.3. The Morgan fingerprint density at radius 1 is 1.33 bits per heavy atom. The molecule has 4 heteroatoms. The molecule has 0 saturated heterocycles. The average molecular weight is 229 g/mol. The zero-order chi connectivity index (χ0) is 11.1. The van der Waals surface area contributed by atoms with Crippen molar-refractivity contribution in [2.24, 2.45) is 0 Å². The zero-order valence-corrected chi connectivity index (χ0v) is 9.74. The highest BCUT2D eigenvalue weighted by Gasteiger charge is 2.01. The molecule has 15 heavy (non-hydrogen) atoms. The lowest BCUT2D eigenvalue weighted by atomic mass is 10.2. The second-order valence-electron chi connectivity index (χ2n) is 3.52. The Morgan fingerprint density at radius 3 is 2.80 bits per heavy atom. The quantitative estimate of drug-likeness (QED) is 0.600. The molecule has 1 aromatic heterocycles. The highest BCUT2D eigenvalue weighted by molar-refractivity contribution is 6.29. The van der Waals surface area contributed by atoms with Gasteiger partial charge in [-0.2, -0.15) is 0 Å². The van der Waals surface area contributed by atoms with Gasteiger partial charge in [0.25, 0.3) is 0 Å². The summed E-state index contributed by atoms with van der Waals surface area (Å²) < 4.78 is 0. The standard InChI is InChI=1S/C11H17ClN2O/c1-14(8-3-2-4-9-15)11-7-5-6-10(12)13-11/h5-7,15H,2-4,8-9H2,1H3. The van der Waals surface area contributed by atoms with Gasteiger partial charge < -0.3 is 10.0 Å². The molecule has 0 radical (unpaired) electrons. The average Bonchev–Trinajstić information content (AvgIpc) is 2.24. The van der Waals surface area contributed by atoms with Crippen LogP contribution in [-0.4, -0.2) is 30.3 Å². The van der Waals surface area contributed by atoms with E-state index >= 15 is 0 Å². The van der Waals surface area contributed by atoms with Gasteiger partial charge in [0.2, 0.25) is 0 Å². The summed E-state index contributed by atoms with van der Waals surface area (Å²) in [5.74, 6) is 0.895. The van der Waals surface area contributed by atoms with Gasteiger partial charge in [0, 0.05) is 20.2 Å². The molecule has 0 amide bonds. The fourth-order valence-electron chi connectivity index (χ4n) is 1.36. The smallest absolute Gasteiger partial charge is 0.131 e. The van der Waals surface area contributed by atoms with Crippen LogP contribution in [0.3, 0.4) is 0 Å². The van der Waals surface area contributed by atoms with Crippen LogP contribution in [-0.2, 0) is 0 Å².